The lowest BCUT2D eigenvalue weighted by molar-refractivity contribution is 0.178. The van der Waals surface area contributed by atoms with Crippen molar-refractivity contribution in [2.45, 2.75) is 43.7 Å². The number of benzene rings is 2. The highest BCUT2D eigenvalue weighted by atomic mass is 32.2. The summed E-state index contributed by atoms with van der Waals surface area (Å²) >= 11 is 0. The lowest BCUT2D eigenvalue weighted by Gasteiger charge is -2.32. The van der Waals surface area contributed by atoms with Crippen LogP contribution in [0, 0.1) is 5.92 Å². The zero-order chi connectivity index (χ0) is 20.1. The Labute approximate surface area is 174 Å². The minimum absolute atomic E-state index is 0.390. The summed E-state index contributed by atoms with van der Waals surface area (Å²) in [5, 5.41) is 3.37. The Morgan fingerprint density at radius 1 is 1.03 bits per heavy atom. The molecule has 2 aliphatic heterocycles. The molecule has 29 heavy (non-hydrogen) atoms. The average molecular weight is 414 g/mol. The molecule has 0 atom stereocenters. The Morgan fingerprint density at radius 2 is 1.83 bits per heavy atom. The number of nitrogens with one attached hydrogen (secondary N) is 2. The topological polar surface area (TPSA) is 61.4 Å². The number of piperidine rings is 1. The first-order valence-electron chi connectivity index (χ1n) is 10.7. The van der Waals surface area contributed by atoms with Crippen molar-refractivity contribution >= 4 is 10.0 Å². The van der Waals surface area contributed by atoms with Gasteiger partial charge in [0.15, 0.2) is 0 Å². The first-order valence-corrected chi connectivity index (χ1v) is 12.2. The molecular weight excluding hydrogens is 382 g/mol. The molecule has 2 aromatic carbocycles. The highest BCUT2D eigenvalue weighted by Gasteiger charge is 2.22. The summed E-state index contributed by atoms with van der Waals surface area (Å²) in [7, 11) is -3.46. The van der Waals surface area contributed by atoms with Gasteiger partial charge >= 0.3 is 0 Å². The van der Waals surface area contributed by atoms with Crippen LogP contribution in [-0.4, -0.2) is 39.5 Å². The molecule has 0 spiro atoms. The van der Waals surface area contributed by atoms with E-state index in [0.29, 0.717) is 17.4 Å². The van der Waals surface area contributed by atoms with Crippen LogP contribution in [0.1, 0.15) is 36.0 Å². The molecule has 0 aliphatic carbocycles. The van der Waals surface area contributed by atoms with Gasteiger partial charge in [-0.1, -0.05) is 36.4 Å². The summed E-state index contributed by atoms with van der Waals surface area (Å²) in [5.74, 6) is 0.402. The van der Waals surface area contributed by atoms with Gasteiger partial charge < -0.3 is 5.32 Å². The van der Waals surface area contributed by atoms with Gasteiger partial charge in [0.05, 0.1) is 4.90 Å². The number of hydrogen-bond donors (Lipinski definition) is 2. The molecule has 2 aliphatic rings. The Morgan fingerprint density at radius 3 is 2.62 bits per heavy atom. The summed E-state index contributed by atoms with van der Waals surface area (Å²) in [4.78, 5) is 2.85. The van der Waals surface area contributed by atoms with Crippen LogP contribution in [0.3, 0.4) is 0 Å². The van der Waals surface area contributed by atoms with Crippen molar-refractivity contribution in [1.82, 2.24) is 14.9 Å². The van der Waals surface area contributed by atoms with E-state index in [4.69, 9.17) is 0 Å². The van der Waals surface area contributed by atoms with Crippen LogP contribution >= 0.6 is 0 Å². The van der Waals surface area contributed by atoms with E-state index in [1.165, 1.54) is 11.1 Å². The predicted molar refractivity (Wildman–Crippen MR) is 116 cm³/mol. The number of sulfonamides is 1. The van der Waals surface area contributed by atoms with Gasteiger partial charge in [-0.25, -0.2) is 13.1 Å². The van der Waals surface area contributed by atoms with Gasteiger partial charge in [0, 0.05) is 19.6 Å². The lowest BCUT2D eigenvalue weighted by Crippen LogP contribution is -2.38. The van der Waals surface area contributed by atoms with Gasteiger partial charge in [0.25, 0.3) is 0 Å². The molecule has 6 heteroatoms. The normalized spacial score (nSPS) is 18.9. The molecule has 0 radical (unpaired) electrons. The predicted octanol–water partition coefficient (Wildman–Crippen LogP) is 2.91. The SMILES string of the molecule is O=S(=O)(NCC1CCN(Cc2ccccc2)CC1)c1ccc2c(c1)CNCCC2. The molecule has 2 heterocycles. The van der Waals surface area contributed by atoms with E-state index in [1.54, 1.807) is 6.07 Å². The molecule has 2 aromatic rings. The van der Waals surface area contributed by atoms with Crippen molar-refractivity contribution in [2.75, 3.05) is 26.2 Å². The van der Waals surface area contributed by atoms with Gasteiger partial charge in [-0.05, 0) is 80.1 Å². The highest BCUT2D eigenvalue weighted by molar-refractivity contribution is 7.89. The van der Waals surface area contributed by atoms with E-state index in [9.17, 15) is 8.42 Å². The van der Waals surface area contributed by atoms with Crippen molar-refractivity contribution in [1.29, 1.82) is 0 Å². The molecule has 2 N–H and O–H groups in total. The first kappa shape index (κ1) is 20.5. The smallest absolute Gasteiger partial charge is 0.240 e. The summed E-state index contributed by atoms with van der Waals surface area (Å²) in [6.07, 6.45) is 4.17. The van der Waals surface area contributed by atoms with Gasteiger partial charge in [0.1, 0.15) is 0 Å². The van der Waals surface area contributed by atoms with E-state index >= 15 is 0 Å². The molecular formula is C23H31N3O2S. The van der Waals surface area contributed by atoms with Gasteiger partial charge in [0.2, 0.25) is 10.0 Å². The standard InChI is InChI=1S/C23H31N3O2S/c27-29(28,23-9-8-21-7-4-12-24-17-22(21)15-23)25-16-19-10-13-26(14-11-19)18-20-5-2-1-3-6-20/h1-3,5-6,8-9,15,19,24-25H,4,7,10-14,16-18H2. The third kappa shape index (κ3) is 5.45. The molecule has 0 saturated carbocycles. The molecule has 1 fully saturated rings. The number of aryl methyl sites for hydroxylation is 1. The van der Waals surface area contributed by atoms with Crippen LogP contribution in [0.2, 0.25) is 0 Å². The van der Waals surface area contributed by atoms with Gasteiger partial charge in [-0.3, -0.25) is 4.90 Å². The average Bonchev–Trinajstić information content (AvgIpc) is 2.99. The molecule has 4 rings (SSSR count). The molecule has 0 bridgehead atoms. The maximum Gasteiger partial charge on any atom is 0.240 e. The molecule has 0 amide bonds. The van der Waals surface area contributed by atoms with Crippen LogP contribution in [0.5, 0.6) is 0 Å². The second kappa shape index (κ2) is 9.39. The van der Waals surface area contributed by atoms with E-state index in [0.717, 1.165) is 64.0 Å². The third-order valence-corrected chi connectivity index (χ3v) is 7.54. The van der Waals surface area contributed by atoms with Crippen LogP contribution < -0.4 is 10.0 Å². The second-order valence-corrected chi connectivity index (χ2v) is 10.0. The highest BCUT2D eigenvalue weighted by Crippen LogP contribution is 2.21. The second-order valence-electron chi connectivity index (χ2n) is 8.27. The van der Waals surface area contributed by atoms with Gasteiger partial charge in [-0.15, -0.1) is 0 Å². The quantitative estimate of drug-likeness (QED) is 0.764. The van der Waals surface area contributed by atoms with Crippen molar-refractivity contribution in [3.63, 3.8) is 0 Å². The summed E-state index contributed by atoms with van der Waals surface area (Å²) in [6, 6.07) is 16.1. The maximum atomic E-state index is 12.8. The molecule has 5 nitrogen and oxygen atoms in total. The van der Waals surface area contributed by atoms with E-state index in [-0.39, 0.29) is 0 Å². The molecule has 0 unspecified atom stereocenters. The van der Waals surface area contributed by atoms with Crippen molar-refractivity contribution in [2.24, 2.45) is 5.92 Å². The van der Waals surface area contributed by atoms with E-state index in [1.807, 2.05) is 18.2 Å². The van der Waals surface area contributed by atoms with Crippen LogP contribution in [0.4, 0.5) is 0 Å². The third-order valence-electron chi connectivity index (χ3n) is 6.12. The minimum Gasteiger partial charge on any atom is -0.313 e. The van der Waals surface area contributed by atoms with Crippen LogP contribution in [0.15, 0.2) is 53.4 Å². The fraction of sp³-hybridized carbons (Fsp3) is 0.478. The minimum atomic E-state index is -3.46. The summed E-state index contributed by atoms with van der Waals surface area (Å²) < 4.78 is 28.5. The van der Waals surface area contributed by atoms with Crippen LogP contribution in [0.25, 0.3) is 0 Å². The van der Waals surface area contributed by atoms with Crippen LogP contribution in [-0.2, 0) is 29.5 Å². The Balaban J connectivity index is 1.29. The van der Waals surface area contributed by atoms with Crippen molar-refractivity contribution in [3.8, 4) is 0 Å². The molecule has 0 aromatic heterocycles. The van der Waals surface area contributed by atoms with Crippen molar-refractivity contribution in [3.05, 3.63) is 65.2 Å². The Hall–Kier alpha value is -1.73. The molecule has 156 valence electrons. The first-order chi connectivity index (χ1) is 14.1. The van der Waals surface area contributed by atoms with E-state index in [2.05, 4.69) is 39.2 Å². The number of likely N-dealkylation sites (tertiary alicyclic amines) is 1. The number of hydrogen-bond acceptors (Lipinski definition) is 4. The van der Waals surface area contributed by atoms with E-state index < -0.39 is 10.0 Å². The number of rotatable bonds is 6. The fourth-order valence-corrected chi connectivity index (χ4v) is 5.47. The Bertz CT molecular complexity index is 907. The summed E-state index contributed by atoms with van der Waals surface area (Å²) in [6.45, 7) is 5.27. The van der Waals surface area contributed by atoms with Gasteiger partial charge in [-0.2, -0.15) is 0 Å². The monoisotopic (exact) mass is 413 g/mol. The zero-order valence-electron chi connectivity index (χ0n) is 16.9. The number of nitrogens with zero attached hydrogens (tertiary/aromatic N) is 1. The fourth-order valence-electron chi connectivity index (χ4n) is 4.31. The lowest BCUT2D eigenvalue weighted by atomic mass is 9.97. The number of fused-ring (bicyclic) bond motifs is 1. The maximum absolute atomic E-state index is 12.8. The largest absolute Gasteiger partial charge is 0.313 e. The zero-order valence-corrected chi connectivity index (χ0v) is 17.8. The molecule has 1 saturated heterocycles. The van der Waals surface area contributed by atoms with Crippen molar-refractivity contribution < 1.29 is 8.42 Å². The summed E-state index contributed by atoms with van der Waals surface area (Å²) in [5.41, 5.74) is 3.71. The Kier molecular flexibility index (Phi) is 6.65.